The van der Waals surface area contributed by atoms with Crippen LogP contribution in [0.25, 0.3) is 0 Å². The van der Waals surface area contributed by atoms with E-state index < -0.39 is 0 Å². The number of benzene rings is 1. The molecular weight excluding hydrogens is 263 g/mol. The number of rotatable bonds is 5. The van der Waals surface area contributed by atoms with Crippen molar-refractivity contribution >= 4 is 11.6 Å². The molecule has 1 aromatic carbocycles. The maximum Gasteiger partial charge on any atom is 0.241 e. The molecule has 0 aliphatic carbocycles. The van der Waals surface area contributed by atoms with Gasteiger partial charge in [-0.05, 0) is 19.1 Å². The Bertz CT molecular complexity index is 481. The monoisotopic (exact) mass is 282 g/mol. The molecule has 1 N–H and O–H groups in total. The van der Waals surface area contributed by atoms with Gasteiger partial charge in [-0.15, -0.1) is 0 Å². The van der Waals surface area contributed by atoms with Crippen LogP contribution in [0.4, 0.5) is 10.1 Å². The summed E-state index contributed by atoms with van der Waals surface area (Å²) in [6.45, 7) is 3.69. The fraction of sp³-hybridized carbons (Fsp3) is 0.500. The molecule has 0 fully saturated rings. The minimum absolute atomic E-state index is 0.0656. The lowest BCUT2D eigenvalue weighted by Crippen LogP contribution is -2.46. The molecule has 1 aromatic rings. The van der Waals surface area contributed by atoms with Gasteiger partial charge in [0, 0.05) is 19.7 Å². The summed E-state index contributed by atoms with van der Waals surface area (Å²) in [6, 6.07) is 4.21. The van der Waals surface area contributed by atoms with Crippen molar-refractivity contribution in [3.05, 3.63) is 24.0 Å². The molecule has 0 radical (unpaired) electrons. The highest BCUT2D eigenvalue weighted by Crippen LogP contribution is 2.33. The maximum absolute atomic E-state index is 13.2. The molecule has 0 bridgehead atoms. The first kappa shape index (κ1) is 14.7. The van der Waals surface area contributed by atoms with Crippen LogP contribution in [0, 0.1) is 5.82 Å². The Morgan fingerprint density at radius 1 is 1.60 bits per heavy atom. The summed E-state index contributed by atoms with van der Waals surface area (Å²) < 4.78 is 23.7. The van der Waals surface area contributed by atoms with Gasteiger partial charge in [0.25, 0.3) is 0 Å². The first-order valence-corrected chi connectivity index (χ1v) is 6.58. The van der Waals surface area contributed by atoms with E-state index in [1.165, 1.54) is 12.1 Å². The second-order valence-corrected chi connectivity index (χ2v) is 4.71. The Morgan fingerprint density at radius 3 is 3.15 bits per heavy atom. The Morgan fingerprint density at radius 2 is 2.40 bits per heavy atom. The van der Waals surface area contributed by atoms with Gasteiger partial charge in [-0.3, -0.25) is 4.79 Å². The van der Waals surface area contributed by atoms with Crippen LogP contribution in [0.3, 0.4) is 0 Å². The van der Waals surface area contributed by atoms with Gasteiger partial charge >= 0.3 is 0 Å². The molecule has 2 rings (SSSR count). The fourth-order valence-electron chi connectivity index (χ4n) is 2.12. The van der Waals surface area contributed by atoms with Gasteiger partial charge in [-0.1, -0.05) is 0 Å². The molecule has 1 atom stereocenters. The van der Waals surface area contributed by atoms with Crippen molar-refractivity contribution in [2.24, 2.45) is 0 Å². The smallest absolute Gasteiger partial charge is 0.241 e. The zero-order valence-electron chi connectivity index (χ0n) is 11.7. The zero-order valence-corrected chi connectivity index (χ0v) is 11.7. The Hall–Kier alpha value is -1.66. The summed E-state index contributed by atoms with van der Waals surface area (Å²) in [5.74, 6) is -0.0263. The third-order valence-corrected chi connectivity index (χ3v) is 3.04. The molecule has 1 aliphatic heterocycles. The van der Waals surface area contributed by atoms with Gasteiger partial charge in [0.2, 0.25) is 5.91 Å². The van der Waals surface area contributed by atoms with Gasteiger partial charge in [0.1, 0.15) is 17.7 Å². The highest BCUT2D eigenvalue weighted by atomic mass is 19.1. The number of fused-ring (bicyclic) bond motifs is 1. The fourth-order valence-corrected chi connectivity index (χ4v) is 2.12. The lowest BCUT2D eigenvalue weighted by Gasteiger charge is -2.33. The number of carbonyl (C=O) groups is 1. The summed E-state index contributed by atoms with van der Waals surface area (Å²) in [6.07, 6.45) is -0.160. The van der Waals surface area contributed by atoms with E-state index in [1.54, 1.807) is 18.1 Å². The molecule has 6 heteroatoms. The molecule has 0 aromatic heterocycles. The topological polar surface area (TPSA) is 50.8 Å². The molecule has 1 unspecified atom stereocenters. The molecule has 1 aliphatic rings. The molecule has 1 heterocycles. The third-order valence-electron chi connectivity index (χ3n) is 3.04. The molecular formula is C14H19FN2O3. The van der Waals surface area contributed by atoms with E-state index in [0.29, 0.717) is 31.1 Å². The van der Waals surface area contributed by atoms with Crippen LogP contribution in [0.15, 0.2) is 18.2 Å². The number of nitrogens with zero attached hydrogens (tertiary/aromatic N) is 1. The van der Waals surface area contributed by atoms with Crippen molar-refractivity contribution in [2.75, 3.05) is 38.3 Å². The van der Waals surface area contributed by atoms with Crippen LogP contribution in [0.1, 0.15) is 6.92 Å². The number of methoxy groups -OCH3 is 1. The van der Waals surface area contributed by atoms with Crippen LogP contribution in [0.2, 0.25) is 0 Å². The lowest BCUT2D eigenvalue weighted by molar-refractivity contribution is -0.118. The van der Waals surface area contributed by atoms with E-state index in [2.05, 4.69) is 5.32 Å². The average molecular weight is 282 g/mol. The number of hydrogen-bond acceptors (Lipinski definition) is 4. The average Bonchev–Trinajstić information content (AvgIpc) is 2.42. The van der Waals surface area contributed by atoms with Crippen LogP contribution < -0.4 is 15.0 Å². The van der Waals surface area contributed by atoms with E-state index in [9.17, 15) is 9.18 Å². The van der Waals surface area contributed by atoms with Gasteiger partial charge in [0.15, 0.2) is 0 Å². The summed E-state index contributed by atoms with van der Waals surface area (Å²) >= 11 is 0. The quantitative estimate of drug-likeness (QED) is 0.824. The summed E-state index contributed by atoms with van der Waals surface area (Å²) in [4.78, 5) is 13.9. The molecule has 20 heavy (non-hydrogen) atoms. The first-order chi connectivity index (χ1) is 9.61. The highest BCUT2D eigenvalue weighted by Gasteiger charge is 2.27. The highest BCUT2D eigenvalue weighted by molar-refractivity contribution is 5.96. The van der Waals surface area contributed by atoms with Crippen molar-refractivity contribution < 1.29 is 18.7 Å². The number of anilines is 1. The second kappa shape index (κ2) is 6.67. The van der Waals surface area contributed by atoms with E-state index in [-0.39, 0.29) is 24.4 Å². The predicted octanol–water partition coefficient (Wildman–Crippen LogP) is 1.18. The van der Waals surface area contributed by atoms with E-state index in [0.717, 1.165) is 0 Å². The number of amides is 1. The van der Waals surface area contributed by atoms with Gasteiger partial charge in [0.05, 0.1) is 25.4 Å². The molecule has 0 spiro atoms. The van der Waals surface area contributed by atoms with Crippen LogP contribution in [0.5, 0.6) is 5.75 Å². The van der Waals surface area contributed by atoms with E-state index in [1.807, 2.05) is 6.92 Å². The van der Waals surface area contributed by atoms with Crippen LogP contribution in [-0.4, -0.2) is 45.4 Å². The van der Waals surface area contributed by atoms with E-state index >= 15 is 0 Å². The number of nitrogens with one attached hydrogen (secondary N) is 1. The third kappa shape index (κ3) is 3.46. The van der Waals surface area contributed by atoms with Gasteiger partial charge in [-0.2, -0.15) is 0 Å². The van der Waals surface area contributed by atoms with E-state index in [4.69, 9.17) is 9.47 Å². The van der Waals surface area contributed by atoms with Gasteiger partial charge in [-0.25, -0.2) is 4.39 Å². The first-order valence-electron chi connectivity index (χ1n) is 6.58. The number of carbonyl (C=O) groups excluding carboxylic acids is 1. The minimum Gasteiger partial charge on any atom is -0.487 e. The summed E-state index contributed by atoms with van der Waals surface area (Å²) in [5.41, 5.74) is 0.614. The Kier molecular flexibility index (Phi) is 4.92. The number of hydrogen-bond donors (Lipinski definition) is 1. The van der Waals surface area contributed by atoms with Crippen molar-refractivity contribution in [3.8, 4) is 5.75 Å². The lowest BCUT2D eigenvalue weighted by atomic mass is 10.2. The molecule has 5 nitrogen and oxygen atoms in total. The largest absolute Gasteiger partial charge is 0.487 e. The van der Waals surface area contributed by atoms with Crippen LogP contribution >= 0.6 is 0 Å². The standard InChI is InChI=1S/C14H19FN2O3/c1-10-9-17(14(18)8-16-5-6-19-2)12-4-3-11(15)7-13(12)20-10/h3-4,7,10,16H,5-6,8-9H2,1-2H3. The SMILES string of the molecule is COCCNCC(=O)N1CC(C)Oc2cc(F)ccc21. The summed E-state index contributed by atoms with van der Waals surface area (Å²) in [5, 5.41) is 3.01. The van der Waals surface area contributed by atoms with Crippen molar-refractivity contribution in [2.45, 2.75) is 13.0 Å². The number of halogens is 1. The van der Waals surface area contributed by atoms with Crippen molar-refractivity contribution in [3.63, 3.8) is 0 Å². The number of ether oxygens (including phenoxy) is 2. The normalized spacial score (nSPS) is 17.6. The van der Waals surface area contributed by atoms with Gasteiger partial charge < -0.3 is 19.7 Å². The molecule has 0 saturated heterocycles. The molecule has 1 amide bonds. The Balaban J connectivity index is 2.06. The Labute approximate surface area is 117 Å². The van der Waals surface area contributed by atoms with Crippen molar-refractivity contribution in [1.82, 2.24) is 5.32 Å². The second-order valence-electron chi connectivity index (χ2n) is 4.71. The predicted molar refractivity (Wildman–Crippen MR) is 73.6 cm³/mol. The van der Waals surface area contributed by atoms with Crippen molar-refractivity contribution in [1.29, 1.82) is 0 Å². The minimum atomic E-state index is -0.372. The zero-order chi connectivity index (χ0) is 14.5. The molecule has 0 saturated carbocycles. The molecule has 110 valence electrons. The summed E-state index contributed by atoms with van der Waals surface area (Å²) in [7, 11) is 1.61. The maximum atomic E-state index is 13.2. The van der Waals surface area contributed by atoms with Crippen LogP contribution in [-0.2, 0) is 9.53 Å².